The van der Waals surface area contributed by atoms with E-state index in [9.17, 15) is 23.1 Å². The van der Waals surface area contributed by atoms with Gasteiger partial charge in [-0.05, 0) is 56.7 Å². The fraction of sp³-hybridized carbons (Fsp3) is 0.474. The average Bonchev–Trinajstić information content (AvgIpc) is 2.63. The number of allylic oxidation sites excluding steroid dienone is 2. The van der Waals surface area contributed by atoms with E-state index in [-0.39, 0.29) is 35.8 Å². The fourth-order valence-corrected chi connectivity index (χ4v) is 3.13. The molecule has 0 saturated heterocycles. The summed E-state index contributed by atoms with van der Waals surface area (Å²) < 4.78 is 38.6. The van der Waals surface area contributed by atoms with E-state index in [1.165, 1.54) is 18.2 Å². The molecule has 1 aromatic carbocycles. The van der Waals surface area contributed by atoms with Crippen LogP contribution in [0.3, 0.4) is 0 Å². The van der Waals surface area contributed by atoms with Crippen LogP contribution in [-0.4, -0.2) is 29.4 Å². The van der Waals surface area contributed by atoms with Gasteiger partial charge in [-0.25, -0.2) is 0 Å². The summed E-state index contributed by atoms with van der Waals surface area (Å²) in [6.45, 7) is 0.333. The van der Waals surface area contributed by atoms with Gasteiger partial charge in [-0.3, -0.25) is 9.79 Å². The van der Waals surface area contributed by atoms with Gasteiger partial charge in [-0.15, -0.1) is 0 Å². The number of unbranched alkanes of at least 4 members (excludes halogenated alkanes) is 1. The van der Waals surface area contributed by atoms with E-state index >= 15 is 0 Å². The van der Waals surface area contributed by atoms with Crippen molar-refractivity contribution in [3.63, 3.8) is 0 Å². The molecule has 1 aliphatic carbocycles. The Labute approximate surface area is 166 Å². The van der Waals surface area contributed by atoms with Crippen molar-refractivity contribution in [2.75, 3.05) is 11.9 Å². The molecule has 1 amide bonds. The first-order chi connectivity index (χ1) is 13.2. The lowest BCUT2D eigenvalue weighted by Crippen LogP contribution is -2.26. The number of phenolic OH excluding ortho intramolecular Hbond substituents is 1. The van der Waals surface area contributed by atoms with Gasteiger partial charge in [0.15, 0.2) is 0 Å². The smallest absolute Gasteiger partial charge is 0.431 e. The van der Waals surface area contributed by atoms with Gasteiger partial charge in [-0.2, -0.15) is 13.2 Å². The van der Waals surface area contributed by atoms with Crippen molar-refractivity contribution in [1.82, 2.24) is 0 Å². The number of phenols is 1. The Kier molecular flexibility index (Phi) is 7.74. The SMILES string of the molecule is NC(=C1CCCCC1=NCCCCC(=O)Nc1cc(Cl)ccc1O)C(F)(F)F. The number of alkyl halides is 3. The molecule has 2 rings (SSSR count). The lowest BCUT2D eigenvalue weighted by atomic mass is 9.91. The standard InChI is InChI=1S/C19H23ClF3N3O2/c20-12-8-9-16(27)15(11-12)26-17(28)7-3-4-10-25-14-6-2-1-5-13(14)18(24)19(21,22)23/h8-9,11,27H,1-7,10,24H2,(H,26,28). The number of carbonyl (C=O) groups is 1. The summed E-state index contributed by atoms with van der Waals surface area (Å²) in [7, 11) is 0. The Morgan fingerprint density at radius 2 is 1.96 bits per heavy atom. The minimum absolute atomic E-state index is 0.0805. The number of benzene rings is 1. The van der Waals surface area contributed by atoms with Crippen molar-refractivity contribution in [3.8, 4) is 5.75 Å². The van der Waals surface area contributed by atoms with E-state index in [1.807, 2.05) is 0 Å². The zero-order valence-corrected chi connectivity index (χ0v) is 16.0. The molecule has 1 fully saturated rings. The van der Waals surface area contributed by atoms with Gasteiger partial charge in [0.1, 0.15) is 11.4 Å². The first-order valence-corrected chi connectivity index (χ1v) is 9.44. The van der Waals surface area contributed by atoms with Crippen LogP contribution in [0.5, 0.6) is 5.75 Å². The Hall–Kier alpha value is -2.22. The summed E-state index contributed by atoms with van der Waals surface area (Å²) in [4.78, 5) is 16.2. The van der Waals surface area contributed by atoms with Gasteiger partial charge in [-0.1, -0.05) is 11.6 Å². The topological polar surface area (TPSA) is 87.7 Å². The molecule has 0 aliphatic heterocycles. The van der Waals surface area contributed by atoms with Crippen LogP contribution < -0.4 is 11.1 Å². The summed E-state index contributed by atoms with van der Waals surface area (Å²) in [5.41, 5.74) is 4.99. The van der Waals surface area contributed by atoms with E-state index < -0.39 is 11.9 Å². The minimum Gasteiger partial charge on any atom is -0.506 e. The van der Waals surface area contributed by atoms with Crippen LogP contribution in [0.25, 0.3) is 0 Å². The third-order valence-electron chi connectivity index (χ3n) is 4.42. The molecule has 0 aromatic heterocycles. The number of nitrogens with zero attached hydrogens (tertiary/aromatic N) is 1. The highest BCUT2D eigenvalue weighted by molar-refractivity contribution is 6.31. The lowest BCUT2D eigenvalue weighted by Gasteiger charge is -2.20. The molecule has 28 heavy (non-hydrogen) atoms. The number of hydrogen-bond donors (Lipinski definition) is 3. The third-order valence-corrected chi connectivity index (χ3v) is 4.65. The maximum atomic E-state index is 12.9. The van der Waals surface area contributed by atoms with Crippen LogP contribution >= 0.6 is 11.6 Å². The van der Waals surface area contributed by atoms with Gasteiger partial charge in [0.25, 0.3) is 0 Å². The number of hydrogen-bond acceptors (Lipinski definition) is 4. The normalized spacial score (nSPS) is 18.2. The maximum Gasteiger partial charge on any atom is 0.431 e. The summed E-state index contributed by atoms with van der Waals surface area (Å²) in [6, 6.07) is 4.34. The molecule has 154 valence electrons. The van der Waals surface area contributed by atoms with E-state index in [2.05, 4.69) is 10.3 Å². The van der Waals surface area contributed by atoms with Gasteiger partial charge >= 0.3 is 6.18 Å². The molecule has 0 atom stereocenters. The summed E-state index contributed by atoms with van der Waals surface area (Å²) in [5, 5.41) is 12.6. The van der Waals surface area contributed by atoms with Crippen LogP contribution in [0.4, 0.5) is 18.9 Å². The fourth-order valence-electron chi connectivity index (χ4n) is 2.96. The van der Waals surface area contributed by atoms with Crippen LogP contribution in [0.1, 0.15) is 44.9 Å². The second kappa shape index (κ2) is 9.82. The molecule has 4 N–H and O–H groups in total. The number of rotatable bonds is 6. The number of halogens is 4. The zero-order chi connectivity index (χ0) is 20.7. The maximum absolute atomic E-state index is 12.9. The molecule has 5 nitrogen and oxygen atoms in total. The molecular weight excluding hydrogens is 395 g/mol. The average molecular weight is 418 g/mol. The number of nitrogens with one attached hydrogen (secondary N) is 1. The third kappa shape index (κ3) is 6.44. The highest BCUT2D eigenvalue weighted by Gasteiger charge is 2.35. The molecule has 1 saturated carbocycles. The molecule has 0 unspecified atom stereocenters. The predicted octanol–water partition coefficient (Wildman–Crippen LogP) is 4.94. The molecule has 0 spiro atoms. The number of amides is 1. The highest BCUT2D eigenvalue weighted by atomic mass is 35.5. The minimum atomic E-state index is -4.54. The lowest BCUT2D eigenvalue weighted by molar-refractivity contribution is -0.116. The summed E-state index contributed by atoms with van der Waals surface area (Å²) >= 11 is 5.82. The molecule has 1 aliphatic rings. The Morgan fingerprint density at radius 1 is 1.25 bits per heavy atom. The van der Waals surface area contributed by atoms with Crippen molar-refractivity contribution in [2.24, 2.45) is 10.7 Å². The Balaban J connectivity index is 1.84. The van der Waals surface area contributed by atoms with E-state index in [1.54, 1.807) is 0 Å². The Bertz CT molecular complexity index is 776. The highest BCUT2D eigenvalue weighted by Crippen LogP contribution is 2.31. The monoisotopic (exact) mass is 417 g/mol. The number of aliphatic imine (C=N–C) groups is 1. The predicted molar refractivity (Wildman–Crippen MR) is 104 cm³/mol. The van der Waals surface area contributed by atoms with Crippen LogP contribution in [0, 0.1) is 0 Å². The zero-order valence-electron chi connectivity index (χ0n) is 15.3. The van der Waals surface area contributed by atoms with Gasteiger partial charge < -0.3 is 16.2 Å². The summed E-state index contributed by atoms with van der Waals surface area (Å²) in [5.74, 6) is -0.368. The van der Waals surface area contributed by atoms with E-state index in [4.69, 9.17) is 17.3 Å². The number of carbonyl (C=O) groups excluding carboxylic acids is 1. The van der Waals surface area contributed by atoms with Crippen LogP contribution in [-0.2, 0) is 4.79 Å². The molecule has 0 heterocycles. The number of aromatic hydroxyl groups is 1. The molecular formula is C19H23ClF3N3O2. The van der Waals surface area contributed by atoms with Crippen LogP contribution in [0.15, 0.2) is 34.5 Å². The Morgan fingerprint density at radius 3 is 2.68 bits per heavy atom. The van der Waals surface area contributed by atoms with Crippen LogP contribution in [0.2, 0.25) is 5.02 Å². The molecule has 1 aromatic rings. The van der Waals surface area contributed by atoms with Crippen molar-refractivity contribution >= 4 is 28.9 Å². The van der Waals surface area contributed by atoms with Gasteiger partial charge in [0.05, 0.1) is 5.69 Å². The van der Waals surface area contributed by atoms with Crippen molar-refractivity contribution in [1.29, 1.82) is 0 Å². The second-order valence-corrected chi connectivity index (χ2v) is 7.03. The van der Waals surface area contributed by atoms with Crippen molar-refractivity contribution in [3.05, 3.63) is 34.5 Å². The van der Waals surface area contributed by atoms with Crippen molar-refractivity contribution in [2.45, 2.75) is 51.1 Å². The van der Waals surface area contributed by atoms with Gasteiger partial charge in [0.2, 0.25) is 5.91 Å². The van der Waals surface area contributed by atoms with Gasteiger partial charge in [0, 0.05) is 29.3 Å². The first-order valence-electron chi connectivity index (χ1n) is 9.06. The quantitative estimate of drug-likeness (QED) is 0.452. The van der Waals surface area contributed by atoms with E-state index in [0.717, 1.165) is 6.42 Å². The second-order valence-electron chi connectivity index (χ2n) is 6.59. The van der Waals surface area contributed by atoms with Crippen molar-refractivity contribution < 1.29 is 23.1 Å². The molecule has 0 bridgehead atoms. The molecule has 0 radical (unpaired) electrons. The number of anilines is 1. The number of nitrogens with two attached hydrogens (primary N) is 1. The largest absolute Gasteiger partial charge is 0.506 e. The van der Waals surface area contributed by atoms with E-state index in [0.29, 0.717) is 43.0 Å². The molecule has 9 heteroatoms. The summed E-state index contributed by atoms with van der Waals surface area (Å²) in [6.07, 6.45) is -1.05. The first kappa shape index (κ1) is 22.1.